The molecule has 1 spiro atoms. The first-order valence-electron chi connectivity index (χ1n) is 10.1. The lowest BCUT2D eigenvalue weighted by Crippen LogP contribution is -2.54. The van der Waals surface area contributed by atoms with Gasteiger partial charge < -0.3 is 9.88 Å². The van der Waals surface area contributed by atoms with E-state index in [-0.39, 0.29) is 11.3 Å². The maximum absolute atomic E-state index is 12.5. The summed E-state index contributed by atoms with van der Waals surface area (Å²) >= 11 is 0. The smallest absolute Gasteiger partial charge is 0.222 e. The highest BCUT2D eigenvalue weighted by atomic mass is 16.2. The van der Waals surface area contributed by atoms with Crippen LogP contribution in [0.15, 0.2) is 36.8 Å². The third-order valence-corrected chi connectivity index (χ3v) is 6.18. The minimum absolute atomic E-state index is 0.215. The number of hydrogen-bond acceptors (Lipinski definition) is 4. The molecule has 28 heavy (non-hydrogen) atoms. The summed E-state index contributed by atoms with van der Waals surface area (Å²) < 4.78 is 0. The molecule has 146 valence electrons. The zero-order chi connectivity index (χ0) is 19.4. The molecule has 1 amide bonds. The summed E-state index contributed by atoms with van der Waals surface area (Å²) in [5.41, 5.74) is 3.25. The van der Waals surface area contributed by atoms with E-state index >= 15 is 0 Å². The number of nitriles is 1. The van der Waals surface area contributed by atoms with Crippen LogP contribution in [-0.2, 0) is 17.8 Å². The first-order chi connectivity index (χ1) is 13.7. The number of benzene rings is 1. The lowest BCUT2D eigenvalue weighted by Gasteiger charge is -2.48. The van der Waals surface area contributed by atoms with E-state index < -0.39 is 0 Å². The van der Waals surface area contributed by atoms with Gasteiger partial charge in [0.2, 0.25) is 5.91 Å². The van der Waals surface area contributed by atoms with E-state index in [2.05, 4.69) is 38.0 Å². The van der Waals surface area contributed by atoms with Crippen LogP contribution in [0.5, 0.6) is 0 Å². The topological polar surface area (TPSA) is 76.0 Å². The summed E-state index contributed by atoms with van der Waals surface area (Å²) in [5.74, 6) is 0.286. The Balaban J connectivity index is 1.38. The number of H-pyrrole nitrogens is 1. The van der Waals surface area contributed by atoms with Crippen LogP contribution < -0.4 is 0 Å². The number of aromatic nitrogens is 2. The molecule has 0 radical (unpaired) electrons. The van der Waals surface area contributed by atoms with Gasteiger partial charge in [-0.15, -0.1) is 0 Å². The molecule has 2 fully saturated rings. The van der Waals surface area contributed by atoms with Gasteiger partial charge in [0.25, 0.3) is 0 Å². The second-order valence-electron chi connectivity index (χ2n) is 8.27. The van der Waals surface area contributed by atoms with E-state index in [1.165, 1.54) is 18.4 Å². The van der Waals surface area contributed by atoms with Crippen LogP contribution in [0.3, 0.4) is 0 Å². The lowest BCUT2D eigenvalue weighted by atomic mass is 9.73. The molecule has 1 N–H and O–H groups in total. The van der Waals surface area contributed by atoms with Gasteiger partial charge in [0, 0.05) is 56.3 Å². The number of imidazole rings is 1. The quantitative estimate of drug-likeness (QED) is 0.869. The van der Waals surface area contributed by atoms with Gasteiger partial charge >= 0.3 is 0 Å². The van der Waals surface area contributed by atoms with Gasteiger partial charge in [-0.25, -0.2) is 4.98 Å². The number of piperidine rings is 2. The Morgan fingerprint density at radius 1 is 1.21 bits per heavy atom. The molecule has 0 bridgehead atoms. The van der Waals surface area contributed by atoms with Gasteiger partial charge in [0.1, 0.15) is 0 Å². The highest BCUT2D eigenvalue weighted by Gasteiger charge is 2.41. The van der Waals surface area contributed by atoms with Crippen molar-refractivity contribution in [2.75, 3.05) is 26.2 Å². The van der Waals surface area contributed by atoms with Gasteiger partial charge in [-0.2, -0.15) is 5.26 Å². The second kappa shape index (κ2) is 8.15. The summed E-state index contributed by atoms with van der Waals surface area (Å²) in [7, 11) is 0. The molecule has 2 aromatic rings. The Morgan fingerprint density at radius 2 is 2.07 bits per heavy atom. The normalized spacial score (nSPS) is 23.1. The van der Waals surface area contributed by atoms with Crippen LogP contribution in [0.2, 0.25) is 0 Å². The van der Waals surface area contributed by atoms with Crippen molar-refractivity contribution in [3.8, 4) is 6.07 Å². The number of nitrogens with zero attached hydrogens (tertiary/aromatic N) is 4. The zero-order valence-corrected chi connectivity index (χ0v) is 16.2. The van der Waals surface area contributed by atoms with E-state index in [0.717, 1.165) is 51.3 Å². The van der Waals surface area contributed by atoms with Gasteiger partial charge in [0.05, 0.1) is 18.0 Å². The fraction of sp³-hybridized carbons (Fsp3) is 0.500. The van der Waals surface area contributed by atoms with Crippen LogP contribution in [-0.4, -0.2) is 51.9 Å². The van der Waals surface area contributed by atoms with Crippen molar-refractivity contribution in [1.29, 1.82) is 5.26 Å². The molecule has 2 aliphatic rings. The summed E-state index contributed by atoms with van der Waals surface area (Å²) in [5, 5.41) is 8.97. The molecule has 0 saturated carbocycles. The molecular weight excluding hydrogens is 350 g/mol. The Bertz CT molecular complexity index is 839. The average molecular weight is 377 g/mol. The molecule has 1 aromatic heterocycles. The fourth-order valence-electron chi connectivity index (χ4n) is 4.70. The Kier molecular flexibility index (Phi) is 5.45. The van der Waals surface area contributed by atoms with Crippen molar-refractivity contribution in [1.82, 2.24) is 19.8 Å². The molecule has 2 aliphatic heterocycles. The predicted octanol–water partition coefficient (Wildman–Crippen LogP) is 2.73. The number of rotatable bonds is 5. The van der Waals surface area contributed by atoms with Crippen molar-refractivity contribution < 1.29 is 4.79 Å². The number of hydrogen-bond donors (Lipinski definition) is 1. The molecule has 1 unspecified atom stereocenters. The Morgan fingerprint density at radius 3 is 2.82 bits per heavy atom. The lowest BCUT2D eigenvalue weighted by molar-refractivity contribution is -0.139. The van der Waals surface area contributed by atoms with E-state index in [1.807, 2.05) is 18.3 Å². The van der Waals surface area contributed by atoms with E-state index in [0.29, 0.717) is 12.0 Å². The molecule has 1 aromatic carbocycles. The molecule has 6 nitrogen and oxygen atoms in total. The molecule has 6 heteroatoms. The monoisotopic (exact) mass is 377 g/mol. The molecule has 4 rings (SSSR count). The molecule has 1 atom stereocenters. The van der Waals surface area contributed by atoms with E-state index in [9.17, 15) is 4.79 Å². The number of nitrogens with one attached hydrogen (secondary N) is 1. The Hall–Kier alpha value is -2.65. The van der Waals surface area contributed by atoms with Crippen molar-refractivity contribution in [2.45, 2.75) is 38.6 Å². The first-order valence-corrected chi connectivity index (χ1v) is 10.1. The van der Waals surface area contributed by atoms with Crippen molar-refractivity contribution >= 4 is 5.91 Å². The van der Waals surface area contributed by atoms with Gasteiger partial charge in [-0.1, -0.05) is 12.1 Å². The number of amides is 1. The number of carbonyl (C=O) groups is 1. The van der Waals surface area contributed by atoms with Crippen molar-refractivity contribution in [3.63, 3.8) is 0 Å². The summed E-state index contributed by atoms with van der Waals surface area (Å²) in [6.45, 7) is 4.68. The highest BCUT2D eigenvalue weighted by Crippen LogP contribution is 2.39. The van der Waals surface area contributed by atoms with Gasteiger partial charge in [0.15, 0.2) is 0 Å². The zero-order valence-electron chi connectivity index (χ0n) is 16.2. The van der Waals surface area contributed by atoms with Crippen LogP contribution >= 0.6 is 0 Å². The second-order valence-corrected chi connectivity index (χ2v) is 8.27. The third kappa shape index (κ3) is 4.26. The van der Waals surface area contributed by atoms with Crippen LogP contribution in [0.1, 0.15) is 42.5 Å². The van der Waals surface area contributed by atoms with Crippen LogP contribution in [0.25, 0.3) is 0 Å². The molecule has 3 heterocycles. The van der Waals surface area contributed by atoms with Crippen molar-refractivity contribution in [2.24, 2.45) is 5.41 Å². The summed E-state index contributed by atoms with van der Waals surface area (Å²) in [6, 6.07) is 10.1. The average Bonchev–Trinajstić information content (AvgIpc) is 3.23. The van der Waals surface area contributed by atoms with Crippen LogP contribution in [0, 0.1) is 16.7 Å². The standard InChI is InChI=1S/C22H27N5O/c23-12-18-2-4-19(5-3-18)14-26-10-1-8-22(15-26)9-6-21(28)27(16-22)11-7-20-13-24-17-25-20/h2-5,13,17H,1,6-11,14-16H2,(H,24,25). The maximum Gasteiger partial charge on any atom is 0.222 e. The number of carbonyl (C=O) groups excluding carboxylic acids is 1. The number of likely N-dealkylation sites (tertiary alicyclic amines) is 2. The largest absolute Gasteiger partial charge is 0.348 e. The SMILES string of the molecule is N#Cc1ccc(CN2CCCC3(CCC(=O)N(CCc4cnc[nH]4)C3)C2)cc1. The van der Waals surface area contributed by atoms with E-state index in [4.69, 9.17) is 5.26 Å². The fourth-order valence-corrected chi connectivity index (χ4v) is 4.70. The van der Waals surface area contributed by atoms with Crippen LogP contribution in [0.4, 0.5) is 0 Å². The minimum Gasteiger partial charge on any atom is -0.348 e. The maximum atomic E-state index is 12.5. The molecular formula is C22H27N5O. The minimum atomic E-state index is 0.215. The van der Waals surface area contributed by atoms with Crippen molar-refractivity contribution in [3.05, 3.63) is 53.6 Å². The highest BCUT2D eigenvalue weighted by molar-refractivity contribution is 5.77. The summed E-state index contributed by atoms with van der Waals surface area (Å²) in [6.07, 6.45) is 8.39. The van der Waals surface area contributed by atoms with Gasteiger partial charge in [-0.05, 0) is 43.5 Å². The third-order valence-electron chi connectivity index (χ3n) is 6.18. The molecule has 2 saturated heterocycles. The number of aromatic amines is 1. The first kappa shape index (κ1) is 18.7. The summed E-state index contributed by atoms with van der Waals surface area (Å²) in [4.78, 5) is 24.3. The predicted molar refractivity (Wildman–Crippen MR) is 106 cm³/mol. The Labute approximate surface area is 166 Å². The van der Waals surface area contributed by atoms with E-state index in [1.54, 1.807) is 6.33 Å². The van der Waals surface area contributed by atoms with Gasteiger partial charge in [-0.3, -0.25) is 9.69 Å². The molecule has 0 aliphatic carbocycles.